The number of carbonyl (C=O) groups excluding carboxylic acids is 2. The van der Waals surface area contributed by atoms with E-state index in [0.717, 1.165) is 23.8 Å². The largest absolute Gasteiger partial charge is 0.298 e. The molecule has 29 heavy (non-hydrogen) atoms. The van der Waals surface area contributed by atoms with Gasteiger partial charge >= 0.3 is 0 Å². The van der Waals surface area contributed by atoms with Crippen molar-refractivity contribution in [2.24, 2.45) is 0 Å². The molecule has 0 aromatic heterocycles. The van der Waals surface area contributed by atoms with Crippen molar-refractivity contribution in [3.8, 4) is 0 Å². The molecule has 0 saturated carbocycles. The third-order valence-corrected chi connectivity index (χ3v) is 6.01. The van der Waals surface area contributed by atoms with Gasteiger partial charge in [-0.15, -0.1) is 0 Å². The smallest absolute Gasteiger partial charge is 0.270 e. The van der Waals surface area contributed by atoms with Gasteiger partial charge in [0, 0.05) is 0 Å². The Labute approximate surface area is 177 Å². The molecule has 6 heteroatoms. The fourth-order valence-electron chi connectivity index (χ4n) is 4.06. The van der Waals surface area contributed by atoms with Crippen molar-refractivity contribution in [2.75, 3.05) is 4.90 Å². The number of anilines is 1. The van der Waals surface area contributed by atoms with Crippen LogP contribution in [0.3, 0.4) is 0 Å². The second-order valence-electron chi connectivity index (χ2n) is 7.06. The van der Waals surface area contributed by atoms with Gasteiger partial charge in [0.25, 0.3) is 11.8 Å². The van der Waals surface area contributed by atoms with Gasteiger partial charge in [-0.3, -0.25) is 19.8 Å². The molecule has 1 aliphatic heterocycles. The number of hydrogen-bond donors (Lipinski definition) is 1. The van der Waals surface area contributed by atoms with E-state index in [4.69, 9.17) is 23.8 Å². The van der Waals surface area contributed by atoms with Crippen LogP contribution in [-0.2, 0) is 22.4 Å². The van der Waals surface area contributed by atoms with Crippen molar-refractivity contribution < 1.29 is 9.59 Å². The molecule has 0 unspecified atom stereocenters. The second-order valence-corrected chi connectivity index (χ2v) is 7.86. The fourth-order valence-corrected chi connectivity index (χ4v) is 4.55. The van der Waals surface area contributed by atoms with Gasteiger partial charge in [-0.2, -0.15) is 0 Å². The molecule has 1 saturated heterocycles. The van der Waals surface area contributed by atoms with Crippen LogP contribution in [0, 0.1) is 0 Å². The molecule has 1 N–H and O–H groups in total. The summed E-state index contributed by atoms with van der Waals surface area (Å²) in [6.45, 7) is 0. The minimum Gasteiger partial charge on any atom is -0.298 e. The van der Waals surface area contributed by atoms with E-state index in [1.54, 1.807) is 30.3 Å². The summed E-state index contributed by atoms with van der Waals surface area (Å²) in [4.78, 5) is 27.1. The Morgan fingerprint density at radius 1 is 0.966 bits per heavy atom. The van der Waals surface area contributed by atoms with Crippen LogP contribution in [0.5, 0.6) is 0 Å². The van der Waals surface area contributed by atoms with E-state index in [-0.39, 0.29) is 10.7 Å². The van der Waals surface area contributed by atoms with Crippen molar-refractivity contribution in [3.63, 3.8) is 0 Å². The van der Waals surface area contributed by atoms with Crippen LogP contribution in [0.2, 0.25) is 5.02 Å². The van der Waals surface area contributed by atoms with E-state index in [2.05, 4.69) is 17.4 Å². The van der Waals surface area contributed by atoms with Crippen LogP contribution < -0.4 is 10.2 Å². The van der Waals surface area contributed by atoms with E-state index in [9.17, 15) is 9.59 Å². The minimum atomic E-state index is -0.508. The normalized spacial score (nSPS) is 17.3. The van der Waals surface area contributed by atoms with E-state index in [1.807, 2.05) is 18.2 Å². The predicted octanol–water partition coefficient (Wildman–Crippen LogP) is 4.42. The first-order chi connectivity index (χ1) is 14.0. The lowest BCUT2D eigenvalue weighted by Crippen LogP contribution is -2.54. The van der Waals surface area contributed by atoms with Crippen LogP contribution in [0.15, 0.2) is 60.2 Å². The molecule has 2 aliphatic rings. The first-order valence-electron chi connectivity index (χ1n) is 9.24. The maximum absolute atomic E-state index is 13.2. The van der Waals surface area contributed by atoms with Gasteiger partial charge in [0.05, 0.1) is 10.7 Å². The average Bonchev–Trinajstić information content (AvgIpc) is 3.13. The number of rotatable bonds is 2. The Hall–Kier alpha value is -3.02. The van der Waals surface area contributed by atoms with Gasteiger partial charge < -0.3 is 0 Å². The Morgan fingerprint density at radius 2 is 1.72 bits per heavy atom. The molecule has 4 nitrogen and oxygen atoms in total. The van der Waals surface area contributed by atoms with E-state index < -0.39 is 11.8 Å². The summed E-state index contributed by atoms with van der Waals surface area (Å²) < 4.78 is 0. The zero-order chi connectivity index (χ0) is 20.1. The van der Waals surface area contributed by atoms with Gasteiger partial charge in [0.15, 0.2) is 5.11 Å². The molecule has 3 aromatic carbocycles. The molecular weight excluding hydrogens is 404 g/mol. The monoisotopic (exact) mass is 418 g/mol. The van der Waals surface area contributed by atoms with Crippen molar-refractivity contribution >= 4 is 63.3 Å². The molecule has 0 bridgehead atoms. The first-order valence-corrected chi connectivity index (χ1v) is 10.0. The molecule has 1 aliphatic carbocycles. The summed E-state index contributed by atoms with van der Waals surface area (Å²) in [5, 5.41) is 5.28. The van der Waals surface area contributed by atoms with Crippen LogP contribution in [0.25, 0.3) is 16.8 Å². The quantitative estimate of drug-likeness (QED) is 0.380. The van der Waals surface area contributed by atoms with Gasteiger partial charge in [0.1, 0.15) is 5.57 Å². The summed E-state index contributed by atoms with van der Waals surface area (Å²) in [5.41, 5.74) is 3.90. The number of nitrogens with zero attached hydrogens (tertiary/aromatic N) is 1. The van der Waals surface area contributed by atoms with E-state index in [1.165, 1.54) is 21.4 Å². The molecule has 0 radical (unpaired) electrons. The molecule has 2 amide bonds. The number of benzene rings is 3. The number of para-hydroxylation sites is 1. The van der Waals surface area contributed by atoms with Crippen molar-refractivity contribution in [1.82, 2.24) is 5.32 Å². The molecule has 0 spiro atoms. The summed E-state index contributed by atoms with van der Waals surface area (Å²) in [6, 6.07) is 17.1. The maximum Gasteiger partial charge on any atom is 0.270 e. The molecule has 1 fully saturated rings. The lowest BCUT2D eigenvalue weighted by molar-refractivity contribution is -0.122. The highest BCUT2D eigenvalue weighted by Crippen LogP contribution is 2.34. The number of aryl methyl sites for hydroxylation is 2. The zero-order valence-electron chi connectivity index (χ0n) is 15.2. The molecule has 0 atom stereocenters. The molecule has 3 aromatic rings. The minimum absolute atomic E-state index is 0.0191. The number of halogens is 1. The topological polar surface area (TPSA) is 49.4 Å². The lowest BCUT2D eigenvalue weighted by Gasteiger charge is -2.29. The second kappa shape index (κ2) is 6.79. The summed E-state index contributed by atoms with van der Waals surface area (Å²) in [7, 11) is 0. The number of thiocarbonyl (C=S) groups is 1. The van der Waals surface area contributed by atoms with Gasteiger partial charge in [0.2, 0.25) is 0 Å². The highest BCUT2D eigenvalue weighted by Gasteiger charge is 2.35. The van der Waals surface area contributed by atoms with Crippen molar-refractivity contribution in [1.29, 1.82) is 0 Å². The standard InChI is InChI=1S/C23H15ClN2O2S/c24-18-6-1-2-7-19(18)26-22(28)17(21(27)25-23(26)29)12-15-11-10-14-9-8-13-4-3-5-16(15)20(13)14/h1-7,10-12H,8-9H2,(H,25,27,29)/b17-12-. The summed E-state index contributed by atoms with van der Waals surface area (Å²) in [6.07, 6.45) is 3.67. The molecule has 142 valence electrons. The van der Waals surface area contributed by atoms with E-state index >= 15 is 0 Å². The number of carbonyl (C=O) groups is 2. The zero-order valence-corrected chi connectivity index (χ0v) is 16.8. The van der Waals surface area contributed by atoms with E-state index in [0.29, 0.717) is 10.7 Å². The molecule has 5 rings (SSSR count). The molecular formula is C23H15ClN2O2S. The van der Waals surface area contributed by atoms with Gasteiger partial charge in [-0.25, -0.2) is 0 Å². The van der Waals surface area contributed by atoms with Crippen molar-refractivity contribution in [3.05, 3.63) is 81.9 Å². The third kappa shape index (κ3) is 2.85. The van der Waals surface area contributed by atoms with Crippen LogP contribution >= 0.6 is 23.8 Å². The predicted molar refractivity (Wildman–Crippen MR) is 119 cm³/mol. The van der Waals surface area contributed by atoms with Crippen molar-refractivity contribution in [2.45, 2.75) is 12.8 Å². The van der Waals surface area contributed by atoms with Gasteiger partial charge in [-0.05, 0) is 70.7 Å². The highest BCUT2D eigenvalue weighted by atomic mass is 35.5. The maximum atomic E-state index is 13.2. The number of amides is 2. The van der Waals surface area contributed by atoms with Crippen LogP contribution in [0.4, 0.5) is 5.69 Å². The summed E-state index contributed by atoms with van der Waals surface area (Å²) >= 11 is 11.5. The third-order valence-electron chi connectivity index (χ3n) is 5.41. The average molecular weight is 419 g/mol. The fraction of sp³-hybridized carbons (Fsp3) is 0.0870. The Bertz CT molecular complexity index is 1250. The summed E-state index contributed by atoms with van der Waals surface area (Å²) in [5.74, 6) is -0.998. The SMILES string of the molecule is O=C1NC(=S)N(c2ccccc2Cl)C(=O)/C1=C\c1ccc2c3c(cccc13)CC2. The van der Waals surface area contributed by atoms with Gasteiger partial charge in [-0.1, -0.05) is 54.1 Å². The highest BCUT2D eigenvalue weighted by molar-refractivity contribution is 7.80. The van der Waals surface area contributed by atoms with Crippen LogP contribution in [0.1, 0.15) is 16.7 Å². The number of hydrogen-bond acceptors (Lipinski definition) is 3. The first kappa shape index (κ1) is 18.0. The Balaban J connectivity index is 1.64. The number of nitrogens with one attached hydrogen (secondary N) is 1. The lowest BCUT2D eigenvalue weighted by atomic mass is 9.97. The van der Waals surface area contributed by atoms with Crippen LogP contribution in [-0.4, -0.2) is 16.9 Å². The Morgan fingerprint density at radius 3 is 2.52 bits per heavy atom. The molecule has 1 heterocycles. The Kier molecular flexibility index (Phi) is 4.23.